The standard InChI is InChI=1S/C15H30N2O2/c1-12(6-5-7-13(2)16)14(19)17-10-15(11-18)8-3-4-9-15/h12-13,18H,3-11,16H2,1-2H3,(H,17,19). The van der Waals surface area contributed by atoms with E-state index < -0.39 is 0 Å². The lowest BCUT2D eigenvalue weighted by Crippen LogP contribution is -2.40. The second-order valence-corrected chi connectivity index (χ2v) is 6.39. The van der Waals surface area contributed by atoms with Crippen molar-refractivity contribution in [2.24, 2.45) is 17.1 Å². The second-order valence-electron chi connectivity index (χ2n) is 6.39. The van der Waals surface area contributed by atoms with E-state index in [4.69, 9.17) is 5.73 Å². The summed E-state index contributed by atoms with van der Waals surface area (Å²) < 4.78 is 0. The van der Waals surface area contributed by atoms with Crippen molar-refractivity contribution in [1.82, 2.24) is 5.32 Å². The largest absolute Gasteiger partial charge is 0.396 e. The minimum atomic E-state index is -0.0544. The van der Waals surface area contributed by atoms with Gasteiger partial charge in [0, 0.05) is 23.9 Å². The minimum absolute atomic E-state index is 0.0379. The Morgan fingerprint density at radius 3 is 2.47 bits per heavy atom. The lowest BCUT2D eigenvalue weighted by atomic mass is 9.87. The molecular formula is C15H30N2O2. The molecule has 4 nitrogen and oxygen atoms in total. The monoisotopic (exact) mass is 270 g/mol. The molecular weight excluding hydrogens is 240 g/mol. The second kappa shape index (κ2) is 7.85. The Morgan fingerprint density at radius 2 is 1.95 bits per heavy atom. The molecule has 2 atom stereocenters. The molecule has 1 amide bonds. The van der Waals surface area contributed by atoms with Crippen LogP contribution in [0.4, 0.5) is 0 Å². The number of carbonyl (C=O) groups is 1. The van der Waals surface area contributed by atoms with Crippen LogP contribution in [0.25, 0.3) is 0 Å². The van der Waals surface area contributed by atoms with Crippen LogP contribution in [0, 0.1) is 11.3 Å². The molecule has 0 radical (unpaired) electrons. The minimum Gasteiger partial charge on any atom is -0.396 e. The number of aliphatic hydroxyl groups is 1. The number of nitrogens with one attached hydrogen (secondary N) is 1. The first-order chi connectivity index (χ1) is 8.99. The molecule has 0 aromatic rings. The van der Waals surface area contributed by atoms with E-state index in [1.54, 1.807) is 0 Å². The Kier molecular flexibility index (Phi) is 6.80. The molecule has 1 aliphatic carbocycles. The van der Waals surface area contributed by atoms with E-state index in [1.165, 1.54) is 12.8 Å². The molecule has 2 unspecified atom stereocenters. The quantitative estimate of drug-likeness (QED) is 0.629. The van der Waals surface area contributed by atoms with Crippen molar-refractivity contribution < 1.29 is 9.90 Å². The highest BCUT2D eigenvalue weighted by Gasteiger charge is 2.33. The van der Waals surface area contributed by atoms with Gasteiger partial charge in [0.25, 0.3) is 0 Å². The molecule has 4 heteroatoms. The van der Waals surface area contributed by atoms with Crippen molar-refractivity contribution in [3.05, 3.63) is 0 Å². The highest BCUT2D eigenvalue weighted by Crippen LogP contribution is 2.36. The fourth-order valence-corrected chi connectivity index (χ4v) is 2.84. The molecule has 1 saturated carbocycles. The molecule has 1 fully saturated rings. The molecule has 0 aromatic heterocycles. The Bertz CT molecular complexity index is 273. The fourth-order valence-electron chi connectivity index (χ4n) is 2.84. The third kappa shape index (κ3) is 5.49. The summed E-state index contributed by atoms with van der Waals surface area (Å²) in [5, 5.41) is 12.5. The average Bonchev–Trinajstić information content (AvgIpc) is 2.84. The Balaban J connectivity index is 2.25. The first kappa shape index (κ1) is 16.4. The Hall–Kier alpha value is -0.610. The smallest absolute Gasteiger partial charge is 0.222 e. The van der Waals surface area contributed by atoms with E-state index >= 15 is 0 Å². The van der Waals surface area contributed by atoms with Crippen LogP contribution in [0.15, 0.2) is 0 Å². The van der Waals surface area contributed by atoms with Crippen LogP contribution in [-0.2, 0) is 4.79 Å². The van der Waals surface area contributed by atoms with Crippen LogP contribution in [0.1, 0.15) is 58.8 Å². The maximum absolute atomic E-state index is 12.0. The summed E-state index contributed by atoms with van der Waals surface area (Å²) in [6.07, 6.45) is 7.25. The molecule has 1 rings (SSSR count). The lowest BCUT2D eigenvalue weighted by molar-refractivity contribution is -0.125. The molecule has 19 heavy (non-hydrogen) atoms. The van der Waals surface area contributed by atoms with E-state index in [0.717, 1.165) is 32.1 Å². The van der Waals surface area contributed by atoms with Gasteiger partial charge in [0.15, 0.2) is 0 Å². The molecule has 112 valence electrons. The molecule has 0 heterocycles. The van der Waals surface area contributed by atoms with Gasteiger partial charge in [-0.1, -0.05) is 26.2 Å². The van der Waals surface area contributed by atoms with E-state index in [2.05, 4.69) is 5.32 Å². The zero-order valence-electron chi connectivity index (χ0n) is 12.5. The molecule has 0 aromatic carbocycles. The molecule has 4 N–H and O–H groups in total. The number of amides is 1. The highest BCUT2D eigenvalue weighted by atomic mass is 16.3. The topological polar surface area (TPSA) is 75.4 Å². The number of hydrogen-bond donors (Lipinski definition) is 3. The van der Waals surface area contributed by atoms with Gasteiger partial charge in [0.2, 0.25) is 5.91 Å². The molecule has 0 aliphatic heterocycles. The van der Waals surface area contributed by atoms with Crippen molar-refractivity contribution in [3.63, 3.8) is 0 Å². The number of nitrogens with two attached hydrogens (primary N) is 1. The van der Waals surface area contributed by atoms with Gasteiger partial charge >= 0.3 is 0 Å². The van der Waals surface area contributed by atoms with Crippen molar-refractivity contribution in [3.8, 4) is 0 Å². The number of hydrogen-bond acceptors (Lipinski definition) is 3. The number of rotatable bonds is 8. The van der Waals surface area contributed by atoms with Gasteiger partial charge in [-0.3, -0.25) is 4.79 Å². The van der Waals surface area contributed by atoms with Crippen LogP contribution in [0.2, 0.25) is 0 Å². The summed E-state index contributed by atoms with van der Waals surface area (Å²) in [6, 6.07) is 0.214. The zero-order valence-corrected chi connectivity index (χ0v) is 12.5. The zero-order chi connectivity index (χ0) is 14.3. The van der Waals surface area contributed by atoms with Gasteiger partial charge in [0.05, 0.1) is 6.61 Å². The molecule has 0 bridgehead atoms. The van der Waals surface area contributed by atoms with Crippen LogP contribution in [-0.4, -0.2) is 30.2 Å². The van der Waals surface area contributed by atoms with Crippen LogP contribution >= 0.6 is 0 Å². The number of carbonyl (C=O) groups excluding carboxylic acids is 1. The summed E-state index contributed by atoms with van der Waals surface area (Å²) in [5.41, 5.74) is 5.65. The number of aliphatic hydroxyl groups excluding tert-OH is 1. The third-order valence-electron chi connectivity index (χ3n) is 4.38. The van der Waals surface area contributed by atoms with Crippen molar-refractivity contribution in [2.75, 3.05) is 13.2 Å². The SMILES string of the molecule is CC(N)CCCC(C)C(=O)NCC1(CO)CCCC1. The van der Waals surface area contributed by atoms with Crippen molar-refractivity contribution >= 4 is 5.91 Å². The molecule has 0 saturated heterocycles. The summed E-state index contributed by atoms with van der Waals surface area (Å²) in [4.78, 5) is 12.0. The van der Waals surface area contributed by atoms with Crippen LogP contribution in [0.5, 0.6) is 0 Å². The van der Waals surface area contributed by atoms with E-state index in [9.17, 15) is 9.90 Å². The predicted octanol–water partition coefficient (Wildman–Crippen LogP) is 1.81. The van der Waals surface area contributed by atoms with Gasteiger partial charge in [-0.15, -0.1) is 0 Å². The summed E-state index contributed by atoms with van der Waals surface area (Å²) in [5.74, 6) is 0.153. The highest BCUT2D eigenvalue weighted by molar-refractivity contribution is 5.78. The third-order valence-corrected chi connectivity index (χ3v) is 4.38. The van der Waals surface area contributed by atoms with Gasteiger partial charge in [-0.25, -0.2) is 0 Å². The maximum Gasteiger partial charge on any atom is 0.222 e. The summed E-state index contributed by atoms with van der Waals surface area (Å²) in [6.45, 7) is 4.78. The van der Waals surface area contributed by atoms with E-state index in [1.807, 2.05) is 13.8 Å². The lowest BCUT2D eigenvalue weighted by Gasteiger charge is -2.27. The first-order valence-corrected chi connectivity index (χ1v) is 7.63. The van der Waals surface area contributed by atoms with Gasteiger partial charge in [-0.2, -0.15) is 0 Å². The predicted molar refractivity (Wildman–Crippen MR) is 77.7 cm³/mol. The summed E-state index contributed by atoms with van der Waals surface area (Å²) >= 11 is 0. The van der Waals surface area contributed by atoms with Crippen molar-refractivity contribution in [1.29, 1.82) is 0 Å². The molecule has 1 aliphatic rings. The van der Waals surface area contributed by atoms with Crippen LogP contribution in [0.3, 0.4) is 0 Å². The van der Waals surface area contributed by atoms with Crippen LogP contribution < -0.4 is 11.1 Å². The van der Waals surface area contributed by atoms with E-state index in [0.29, 0.717) is 6.54 Å². The average molecular weight is 270 g/mol. The fraction of sp³-hybridized carbons (Fsp3) is 0.933. The Morgan fingerprint density at radius 1 is 1.32 bits per heavy atom. The molecule has 0 spiro atoms. The van der Waals surface area contributed by atoms with Crippen molar-refractivity contribution in [2.45, 2.75) is 64.8 Å². The Labute approximate surface area is 117 Å². The van der Waals surface area contributed by atoms with Gasteiger partial charge in [0.1, 0.15) is 0 Å². The first-order valence-electron chi connectivity index (χ1n) is 7.63. The maximum atomic E-state index is 12.0. The van der Waals surface area contributed by atoms with Gasteiger partial charge in [-0.05, 0) is 32.6 Å². The van der Waals surface area contributed by atoms with E-state index in [-0.39, 0.29) is 29.9 Å². The summed E-state index contributed by atoms with van der Waals surface area (Å²) in [7, 11) is 0. The van der Waals surface area contributed by atoms with Gasteiger partial charge < -0.3 is 16.2 Å². The normalized spacial score (nSPS) is 21.1.